The van der Waals surface area contributed by atoms with Gasteiger partial charge in [-0.05, 0) is 43.5 Å². The molecule has 0 aliphatic rings. The summed E-state index contributed by atoms with van der Waals surface area (Å²) in [5.74, 6) is 0.833. The molecular weight excluding hydrogens is 224 g/mol. The van der Waals surface area contributed by atoms with Gasteiger partial charge in [0.25, 0.3) is 0 Å². The molecule has 0 fully saturated rings. The minimum Gasteiger partial charge on any atom is -0.488 e. The van der Waals surface area contributed by atoms with Crippen LogP contribution in [0.4, 0.5) is 5.69 Å². The van der Waals surface area contributed by atoms with E-state index in [1.165, 1.54) is 0 Å². The minimum absolute atomic E-state index is 0.512. The zero-order valence-corrected chi connectivity index (χ0v) is 11.0. The largest absolute Gasteiger partial charge is 0.488 e. The zero-order valence-electron chi connectivity index (χ0n) is 11.0. The van der Waals surface area contributed by atoms with Gasteiger partial charge < -0.3 is 10.5 Å². The fraction of sp³-hybridized carbons (Fsp3) is 0.267. The Morgan fingerprint density at radius 3 is 2.56 bits per heavy atom. The molecule has 1 heterocycles. The number of pyridine rings is 1. The van der Waals surface area contributed by atoms with Crippen LogP contribution in [0.5, 0.6) is 5.75 Å². The number of anilines is 1. The summed E-state index contributed by atoms with van der Waals surface area (Å²) >= 11 is 0. The molecule has 0 atom stereocenters. The van der Waals surface area contributed by atoms with Crippen LogP contribution in [-0.2, 0) is 6.61 Å². The smallest absolute Gasteiger partial charge is 0.124 e. The van der Waals surface area contributed by atoms with Gasteiger partial charge in [-0.2, -0.15) is 0 Å². The van der Waals surface area contributed by atoms with Crippen LogP contribution in [0.1, 0.15) is 22.3 Å². The van der Waals surface area contributed by atoms with Gasteiger partial charge in [0, 0.05) is 29.7 Å². The van der Waals surface area contributed by atoms with Crippen LogP contribution < -0.4 is 10.5 Å². The Morgan fingerprint density at radius 2 is 1.83 bits per heavy atom. The summed E-state index contributed by atoms with van der Waals surface area (Å²) in [6.45, 7) is 6.55. The number of nitrogens with zero attached hydrogens (tertiary/aromatic N) is 1. The highest BCUT2D eigenvalue weighted by Gasteiger charge is 2.04. The quantitative estimate of drug-likeness (QED) is 0.841. The van der Waals surface area contributed by atoms with Crippen molar-refractivity contribution in [3.05, 3.63) is 52.8 Å². The number of ether oxygens (including phenoxy) is 1. The fourth-order valence-electron chi connectivity index (χ4n) is 1.86. The summed E-state index contributed by atoms with van der Waals surface area (Å²) in [5, 5.41) is 0. The molecule has 0 saturated carbocycles. The van der Waals surface area contributed by atoms with Crippen LogP contribution in [0.3, 0.4) is 0 Å². The first-order valence-corrected chi connectivity index (χ1v) is 5.96. The summed E-state index contributed by atoms with van der Waals surface area (Å²) in [6, 6.07) is 5.99. The maximum atomic E-state index is 5.89. The molecule has 94 valence electrons. The second-order valence-electron chi connectivity index (χ2n) is 4.63. The lowest BCUT2D eigenvalue weighted by molar-refractivity contribution is 0.303. The van der Waals surface area contributed by atoms with Crippen molar-refractivity contribution in [2.45, 2.75) is 27.4 Å². The summed E-state index contributed by atoms with van der Waals surface area (Å²) in [7, 11) is 0. The van der Waals surface area contributed by atoms with Crippen molar-refractivity contribution in [3.63, 3.8) is 0 Å². The number of benzene rings is 1. The fourth-order valence-corrected chi connectivity index (χ4v) is 1.86. The molecule has 0 aliphatic carbocycles. The molecule has 0 unspecified atom stereocenters. The maximum absolute atomic E-state index is 5.89. The van der Waals surface area contributed by atoms with E-state index in [4.69, 9.17) is 10.5 Å². The third-order valence-corrected chi connectivity index (χ3v) is 2.89. The number of rotatable bonds is 3. The third kappa shape index (κ3) is 2.80. The van der Waals surface area contributed by atoms with Crippen molar-refractivity contribution in [3.8, 4) is 5.75 Å². The van der Waals surface area contributed by atoms with Gasteiger partial charge in [0.2, 0.25) is 0 Å². The molecule has 0 bridgehead atoms. The third-order valence-electron chi connectivity index (χ3n) is 2.89. The van der Waals surface area contributed by atoms with E-state index in [0.717, 1.165) is 33.7 Å². The number of aromatic nitrogens is 1. The SMILES string of the molecule is Cc1cncc(COc2cc(N)c(C)cc2C)c1. The molecule has 0 amide bonds. The highest BCUT2D eigenvalue weighted by atomic mass is 16.5. The Morgan fingerprint density at radius 1 is 1.06 bits per heavy atom. The van der Waals surface area contributed by atoms with E-state index in [0.29, 0.717) is 6.61 Å². The predicted octanol–water partition coefficient (Wildman–Crippen LogP) is 3.17. The van der Waals surface area contributed by atoms with E-state index < -0.39 is 0 Å². The Kier molecular flexibility index (Phi) is 3.51. The van der Waals surface area contributed by atoms with Crippen molar-refractivity contribution in [2.75, 3.05) is 5.73 Å². The standard InChI is InChI=1S/C15H18N2O/c1-10-4-13(8-17-7-10)9-18-15-6-14(16)11(2)5-12(15)3/h4-8H,9,16H2,1-3H3. The highest BCUT2D eigenvalue weighted by Crippen LogP contribution is 2.25. The molecule has 1 aromatic carbocycles. The Bertz CT molecular complexity index is 564. The van der Waals surface area contributed by atoms with Crippen molar-refractivity contribution in [1.29, 1.82) is 0 Å². The lowest BCUT2D eigenvalue weighted by Gasteiger charge is -2.11. The van der Waals surface area contributed by atoms with Gasteiger partial charge in [0.05, 0.1) is 0 Å². The summed E-state index contributed by atoms with van der Waals surface area (Å²) < 4.78 is 5.79. The van der Waals surface area contributed by atoms with Crippen molar-refractivity contribution < 1.29 is 4.74 Å². The molecule has 2 rings (SSSR count). The molecule has 0 saturated heterocycles. The normalized spacial score (nSPS) is 10.4. The molecule has 1 aromatic heterocycles. The number of aryl methyl sites for hydroxylation is 3. The van der Waals surface area contributed by atoms with E-state index in [-0.39, 0.29) is 0 Å². The molecule has 3 nitrogen and oxygen atoms in total. The first-order chi connectivity index (χ1) is 8.56. The van der Waals surface area contributed by atoms with Crippen LogP contribution in [-0.4, -0.2) is 4.98 Å². The van der Waals surface area contributed by atoms with E-state index in [9.17, 15) is 0 Å². The maximum Gasteiger partial charge on any atom is 0.124 e. The molecule has 3 heteroatoms. The van der Waals surface area contributed by atoms with Gasteiger partial charge in [0.15, 0.2) is 0 Å². The van der Waals surface area contributed by atoms with Gasteiger partial charge in [-0.3, -0.25) is 4.98 Å². The minimum atomic E-state index is 0.512. The number of hydrogen-bond acceptors (Lipinski definition) is 3. The van der Waals surface area contributed by atoms with Crippen molar-refractivity contribution in [2.24, 2.45) is 0 Å². The van der Waals surface area contributed by atoms with Crippen molar-refractivity contribution in [1.82, 2.24) is 4.98 Å². The number of hydrogen-bond donors (Lipinski definition) is 1. The number of nitrogen functional groups attached to an aromatic ring is 1. The van der Waals surface area contributed by atoms with Gasteiger partial charge in [-0.1, -0.05) is 6.07 Å². The van der Waals surface area contributed by atoms with E-state index in [2.05, 4.69) is 11.1 Å². The van der Waals surface area contributed by atoms with E-state index >= 15 is 0 Å². The lowest BCUT2D eigenvalue weighted by atomic mass is 10.1. The van der Waals surface area contributed by atoms with Gasteiger partial charge >= 0.3 is 0 Å². The topological polar surface area (TPSA) is 48.1 Å². The van der Waals surface area contributed by atoms with Crippen LogP contribution in [0.15, 0.2) is 30.6 Å². The van der Waals surface area contributed by atoms with Gasteiger partial charge in [0.1, 0.15) is 12.4 Å². The molecular formula is C15H18N2O. The van der Waals surface area contributed by atoms with Crippen LogP contribution in [0, 0.1) is 20.8 Å². The molecule has 18 heavy (non-hydrogen) atoms. The molecule has 0 spiro atoms. The molecule has 2 aromatic rings. The number of nitrogens with two attached hydrogens (primary N) is 1. The summed E-state index contributed by atoms with van der Waals surface area (Å²) in [4.78, 5) is 4.15. The van der Waals surface area contributed by atoms with Crippen LogP contribution in [0.2, 0.25) is 0 Å². The molecule has 2 N–H and O–H groups in total. The van der Waals surface area contributed by atoms with E-state index in [1.54, 1.807) is 0 Å². The average molecular weight is 242 g/mol. The monoisotopic (exact) mass is 242 g/mol. The Hall–Kier alpha value is -2.03. The highest BCUT2D eigenvalue weighted by molar-refractivity contribution is 5.54. The van der Waals surface area contributed by atoms with Crippen LogP contribution in [0.25, 0.3) is 0 Å². The van der Waals surface area contributed by atoms with Crippen molar-refractivity contribution >= 4 is 5.69 Å². The lowest BCUT2D eigenvalue weighted by Crippen LogP contribution is -2.00. The Labute approximate surface area is 108 Å². The summed E-state index contributed by atoms with van der Waals surface area (Å²) in [6.07, 6.45) is 3.65. The zero-order chi connectivity index (χ0) is 13.1. The van der Waals surface area contributed by atoms with Gasteiger partial charge in [-0.25, -0.2) is 0 Å². The molecule has 0 aliphatic heterocycles. The van der Waals surface area contributed by atoms with E-state index in [1.807, 2.05) is 45.3 Å². The Balaban J connectivity index is 2.13. The first-order valence-electron chi connectivity index (χ1n) is 5.96. The second kappa shape index (κ2) is 5.08. The summed E-state index contributed by atoms with van der Waals surface area (Å²) in [5.41, 5.74) is 11.0. The molecule has 0 radical (unpaired) electrons. The second-order valence-corrected chi connectivity index (χ2v) is 4.63. The predicted molar refractivity (Wildman–Crippen MR) is 73.6 cm³/mol. The van der Waals surface area contributed by atoms with Crippen LogP contribution >= 0.6 is 0 Å². The average Bonchev–Trinajstić information content (AvgIpc) is 2.32. The first kappa shape index (κ1) is 12.4. The van der Waals surface area contributed by atoms with Gasteiger partial charge in [-0.15, -0.1) is 0 Å².